The van der Waals surface area contributed by atoms with Crippen LogP contribution in [0.25, 0.3) is 0 Å². The zero-order valence-corrected chi connectivity index (χ0v) is 24.8. The highest BCUT2D eigenvalue weighted by Gasteiger charge is 2.41. The first-order valence-electron chi connectivity index (χ1n) is 14.2. The number of nitrogens with one attached hydrogen (secondary N) is 2. The Hall–Kier alpha value is -2.96. The second-order valence-electron chi connectivity index (χ2n) is 9.92. The maximum Gasteiger partial charge on any atom is 0.422 e. The SMILES string of the molecule is CCCCCC(CCC)OCC(=O)NC1CCc2c1n[nH]c(=O)c2C(F)(F)F.C\C=C(/C=N/C(C)=C/CC)C(F)(F)F. The van der Waals surface area contributed by atoms with E-state index in [9.17, 15) is 35.9 Å². The first kappa shape index (κ1) is 37.1. The minimum Gasteiger partial charge on any atom is -0.368 e. The van der Waals surface area contributed by atoms with Crippen LogP contribution in [-0.4, -0.2) is 41.2 Å². The molecule has 2 rings (SSSR count). The summed E-state index contributed by atoms with van der Waals surface area (Å²) < 4.78 is 81.7. The first-order valence-corrected chi connectivity index (χ1v) is 14.2. The van der Waals surface area contributed by atoms with Gasteiger partial charge in [-0.25, -0.2) is 5.10 Å². The third-order valence-electron chi connectivity index (χ3n) is 6.48. The van der Waals surface area contributed by atoms with Gasteiger partial charge in [-0.15, -0.1) is 0 Å². The van der Waals surface area contributed by atoms with Gasteiger partial charge in [-0.3, -0.25) is 14.6 Å². The first-order chi connectivity index (χ1) is 19.7. The van der Waals surface area contributed by atoms with Crippen LogP contribution in [-0.2, 0) is 22.1 Å². The molecular formula is C29H42F6N4O3. The van der Waals surface area contributed by atoms with E-state index >= 15 is 0 Å². The number of fused-ring (bicyclic) bond motifs is 1. The van der Waals surface area contributed by atoms with Crippen molar-refractivity contribution in [1.29, 1.82) is 0 Å². The number of allylic oxidation sites excluding steroid dienone is 4. The minimum atomic E-state index is -4.76. The molecule has 0 bridgehead atoms. The van der Waals surface area contributed by atoms with Gasteiger partial charge >= 0.3 is 12.4 Å². The number of carbonyl (C=O) groups excluding carboxylic acids is 1. The van der Waals surface area contributed by atoms with Crippen molar-refractivity contribution in [3.05, 3.63) is 50.6 Å². The molecular weight excluding hydrogens is 566 g/mol. The smallest absolute Gasteiger partial charge is 0.368 e. The molecule has 238 valence electrons. The number of ether oxygens (including phenoxy) is 1. The van der Waals surface area contributed by atoms with Crippen molar-refractivity contribution in [2.45, 2.75) is 117 Å². The van der Waals surface area contributed by atoms with Crippen LogP contribution < -0.4 is 10.9 Å². The van der Waals surface area contributed by atoms with Crippen molar-refractivity contribution in [3.8, 4) is 0 Å². The Kier molecular flexibility index (Phi) is 15.8. The summed E-state index contributed by atoms with van der Waals surface area (Å²) in [7, 11) is 0. The Balaban J connectivity index is 0.000000532. The number of hydrogen-bond acceptors (Lipinski definition) is 5. The van der Waals surface area contributed by atoms with Crippen LogP contribution in [0.5, 0.6) is 0 Å². The van der Waals surface area contributed by atoms with E-state index < -0.39 is 41.0 Å². The van der Waals surface area contributed by atoms with Gasteiger partial charge in [-0.2, -0.15) is 31.4 Å². The second kappa shape index (κ2) is 17.9. The number of aromatic nitrogens is 2. The van der Waals surface area contributed by atoms with E-state index in [4.69, 9.17) is 4.74 Å². The van der Waals surface area contributed by atoms with Crippen molar-refractivity contribution < 1.29 is 35.9 Å². The van der Waals surface area contributed by atoms with Gasteiger partial charge in [0.2, 0.25) is 5.91 Å². The molecule has 1 amide bonds. The number of aromatic amines is 1. The summed E-state index contributed by atoms with van der Waals surface area (Å²) in [6, 6.07) is -0.659. The summed E-state index contributed by atoms with van der Waals surface area (Å²) in [5.41, 5.74) is -2.66. The molecule has 0 saturated carbocycles. The quantitative estimate of drug-likeness (QED) is 0.137. The van der Waals surface area contributed by atoms with Gasteiger partial charge < -0.3 is 10.1 Å². The lowest BCUT2D eigenvalue weighted by molar-refractivity contribution is -0.139. The van der Waals surface area contributed by atoms with Gasteiger partial charge in [-0.1, -0.05) is 58.6 Å². The van der Waals surface area contributed by atoms with Crippen LogP contribution in [0.1, 0.15) is 109 Å². The van der Waals surface area contributed by atoms with Crippen LogP contribution in [0.3, 0.4) is 0 Å². The molecule has 0 saturated heterocycles. The highest BCUT2D eigenvalue weighted by atomic mass is 19.4. The predicted octanol–water partition coefficient (Wildman–Crippen LogP) is 7.54. The molecule has 0 aromatic carbocycles. The van der Waals surface area contributed by atoms with Crippen LogP contribution in [0, 0.1) is 0 Å². The number of rotatable bonds is 13. The van der Waals surface area contributed by atoms with Gasteiger partial charge in [0.15, 0.2) is 0 Å². The third kappa shape index (κ3) is 12.5. The number of unbranched alkanes of at least 4 members (excludes halogenated alkanes) is 2. The van der Waals surface area contributed by atoms with Crippen LogP contribution in [0.4, 0.5) is 26.3 Å². The van der Waals surface area contributed by atoms with Crippen LogP contribution >= 0.6 is 0 Å². The Morgan fingerprint density at radius 3 is 2.38 bits per heavy atom. The average molecular weight is 609 g/mol. The number of nitrogens with zero attached hydrogens (tertiary/aromatic N) is 2. The normalized spacial score (nSPS) is 16.7. The third-order valence-corrected chi connectivity index (χ3v) is 6.48. The van der Waals surface area contributed by atoms with Gasteiger partial charge in [0, 0.05) is 11.9 Å². The maximum atomic E-state index is 13.1. The largest absolute Gasteiger partial charge is 0.422 e. The zero-order chi connectivity index (χ0) is 31.9. The lowest BCUT2D eigenvalue weighted by atomic mass is 10.1. The fourth-order valence-electron chi connectivity index (χ4n) is 4.42. The van der Waals surface area contributed by atoms with E-state index in [2.05, 4.69) is 29.3 Å². The Labute approximate surface area is 242 Å². The molecule has 1 aliphatic carbocycles. The highest BCUT2D eigenvalue weighted by molar-refractivity contribution is 5.80. The molecule has 2 N–H and O–H groups in total. The summed E-state index contributed by atoms with van der Waals surface area (Å²) in [4.78, 5) is 27.5. The van der Waals surface area contributed by atoms with Gasteiger partial charge in [0.1, 0.15) is 12.2 Å². The maximum absolute atomic E-state index is 13.1. The van der Waals surface area contributed by atoms with Crippen LogP contribution in [0.2, 0.25) is 0 Å². The molecule has 42 heavy (non-hydrogen) atoms. The molecule has 0 spiro atoms. The molecule has 1 heterocycles. The summed E-state index contributed by atoms with van der Waals surface area (Å²) in [6.45, 7) is 8.94. The van der Waals surface area contributed by atoms with E-state index in [-0.39, 0.29) is 36.8 Å². The lowest BCUT2D eigenvalue weighted by Crippen LogP contribution is -2.33. The number of amides is 1. The zero-order valence-electron chi connectivity index (χ0n) is 24.8. The van der Waals surface area contributed by atoms with Gasteiger partial charge in [0.05, 0.1) is 23.4 Å². The fraction of sp³-hybridized carbons (Fsp3) is 0.655. The second-order valence-corrected chi connectivity index (χ2v) is 9.92. The van der Waals surface area contributed by atoms with Crippen molar-refractivity contribution in [1.82, 2.24) is 15.5 Å². The van der Waals surface area contributed by atoms with Crippen molar-refractivity contribution in [3.63, 3.8) is 0 Å². The average Bonchev–Trinajstić information content (AvgIpc) is 3.28. The molecule has 0 radical (unpaired) electrons. The summed E-state index contributed by atoms with van der Waals surface area (Å²) in [5.74, 6) is -0.393. The van der Waals surface area contributed by atoms with Crippen molar-refractivity contribution >= 4 is 12.1 Å². The monoisotopic (exact) mass is 608 g/mol. The molecule has 7 nitrogen and oxygen atoms in total. The van der Waals surface area contributed by atoms with Gasteiger partial charge in [-0.05, 0) is 51.5 Å². The standard InChI is InChI=1S/C19H28F3N3O3.C10H14F3N/c1-3-5-6-8-12(7-4-2)28-11-15(26)23-14-10-9-13-16(19(20,21)22)18(27)25-24-17(13)14;1-4-6-8(3)14-7-9(5-2)10(11,12)13/h12,14H,3-11H2,1-2H3,(H,23,26)(H,25,27);5-7H,4H2,1-3H3/b;8-6+,9-5+,14-7+. The van der Waals surface area contributed by atoms with E-state index in [0.717, 1.165) is 57.2 Å². The van der Waals surface area contributed by atoms with Crippen LogP contribution in [0.15, 0.2) is 33.2 Å². The topological polar surface area (TPSA) is 96.4 Å². The molecule has 2 unspecified atom stereocenters. The Morgan fingerprint density at radius 1 is 1.14 bits per heavy atom. The number of alkyl halides is 6. The predicted molar refractivity (Wildman–Crippen MR) is 150 cm³/mol. The molecule has 0 fully saturated rings. The molecule has 1 aromatic heterocycles. The molecule has 0 aliphatic heterocycles. The highest BCUT2D eigenvalue weighted by Crippen LogP contribution is 2.37. The molecule has 1 aromatic rings. The summed E-state index contributed by atoms with van der Waals surface area (Å²) in [6.07, 6.45) is 1.58. The van der Waals surface area contributed by atoms with Crippen molar-refractivity contribution in [2.24, 2.45) is 4.99 Å². The Bertz CT molecular complexity index is 1140. The van der Waals surface area contributed by atoms with E-state index in [1.54, 1.807) is 13.0 Å². The van der Waals surface area contributed by atoms with Crippen molar-refractivity contribution in [2.75, 3.05) is 6.61 Å². The fourth-order valence-corrected chi connectivity index (χ4v) is 4.42. The number of H-pyrrole nitrogens is 1. The van der Waals surface area contributed by atoms with E-state index in [1.165, 1.54) is 6.92 Å². The molecule has 1 aliphatic rings. The number of carbonyl (C=O) groups is 1. The molecule has 13 heteroatoms. The lowest BCUT2D eigenvalue weighted by Gasteiger charge is -2.18. The van der Waals surface area contributed by atoms with E-state index in [1.807, 2.05) is 12.0 Å². The number of hydrogen-bond donors (Lipinski definition) is 2. The number of aliphatic imine (C=N–C) groups is 1. The minimum absolute atomic E-state index is 0.00414. The summed E-state index contributed by atoms with van der Waals surface area (Å²) >= 11 is 0. The number of halogens is 6. The molecule has 2 atom stereocenters. The summed E-state index contributed by atoms with van der Waals surface area (Å²) in [5, 5.41) is 8.33. The van der Waals surface area contributed by atoms with E-state index in [0.29, 0.717) is 5.70 Å². The Morgan fingerprint density at radius 2 is 1.83 bits per heavy atom. The van der Waals surface area contributed by atoms with Gasteiger partial charge in [0.25, 0.3) is 5.56 Å².